The van der Waals surface area contributed by atoms with Crippen molar-refractivity contribution < 1.29 is 24.0 Å². The fraction of sp³-hybridized carbons (Fsp3) is 0.417. The molecule has 7 nitrogen and oxygen atoms in total. The lowest BCUT2D eigenvalue weighted by Crippen LogP contribution is -3.13. The molecule has 1 atom stereocenters. The lowest BCUT2D eigenvalue weighted by Gasteiger charge is -2.33. The zero-order chi connectivity index (χ0) is 21.8. The quantitative estimate of drug-likeness (QED) is 0.751. The number of ether oxygens (including phenoxy) is 2. The Hall–Kier alpha value is -3.06. The largest absolute Gasteiger partial charge is 0.497 e. The summed E-state index contributed by atoms with van der Waals surface area (Å²) in [6.45, 7) is 4.66. The summed E-state index contributed by atoms with van der Waals surface area (Å²) in [5, 5.41) is 0. The van der Waals surface area contributed by atoms with E-state index in [0.717, 1.165) is 32.7 Å². The number of anilines is 1. The van der Waals surface area contributed by atoms with Gasteiger partial charge in [-0.1, -0.05) is 30.3 Å². The van der Waals surface area contributed by atoms with E-state index in [1.807, 2.05) is 11.0 Å². The zero-order valence-electron chi connectivity index (χ0n) is 18.2. The molecule has 4 rings (SSSR count). The molecule has 7 heteroatoms. The lowest BCUT2D eigenvalue weighted by molar-refractivity contribution is -0.917. The third-order valence-corrected chi connectivity index (χ3v) is 6.23. The van der Waals surface area contributed by atoms with E-state index in [9.17, 15) is 9.59 Å². The summed E-state index contributed by atoms with van der Waals surface area (Å²) in [6, 6.07) is 15.8. The maximum Gasteiger partial charge on any atom is 0.228 e. The molecule has 0 aromatic heterocycles. The fourth-order valence-corrected chi connectivity index (χ4v) is 4.48. The number of benzene rings is 2. The molecule has 2 heterocycles. The molecule has 0 saturated carbocycles. The number of rotatable bonds is 6. The van der Waals surface area contributed by atoms with Crippen LogP contribution in [0.25, 0.3) is 0 Å². The molecule has 2 aliphatic heterocycles. The molecule has 0 aliphatic carbocycles. The molecule has 2 aromatic rings. The molecule has 2 amide bonds. The SMILES string of the molecule is COc1ccc(OC)c(N2C[C@H](C(=O)N3CC[NH+](Cc4ccccc4)CC3)CC2=O)c1. The molecular weight excluding hydrogens is 394 g/mol. The fourth-order valence-electron chi connectivity index (χ4n) is 4.48. The highest BCUT2D eigenvalue weighted by atomic mass is 16.5. The zero-order valence-corrected chi connectivity index (χ0v) is 18.2. The minimum absolute atomic E-state index is 0.0572. The highest BCUT2D eigenvalue weighted by molar-refractivity contribution is 6.01. The second kappa shape index (κ2) is 9.39. The van der Waals surface area contributed by atoms with Crippen molar-refractivity contribution in [2.24, 2.45) is 5.92 Å². The van der Waals surface area contributed by atoms with E-state index < -0.39 is 0 Å². The molecule has 0 radical (unpaired) electrons. The van der Waals surface area contributed by atoms with E-state index in [-0.39, 0.29) is 24.2 Å². The van der Waals surface area contributed by atoms with Crippen LogP contribution in [0, 0.1) is 5.92 Å². The van der Waals surface area contributed by atoms with Crippen LogP contribution in [0.4, 0.5) is 5.69 Å². The highest BCUT2D eigenvalue weighted by Crippen LogP contribution is 2.36. The number of hydrogen-bond acceptors (Lipinski definition) is 4. The van der Waals surface area contributed by atoms with Crippen molar-refractivity contribution in [2.75, 3.05) is 51.8 Å². The Morgan fingerprint density at radius 1 is 1.06 bits per heavy atom. The van der Waals surface area contributed by atoms with E-state index in [4.69, 9.17) is 9.47 Å². The van der Waals surface area contributed by atoms with Gasteiger partial charge < -0.3 is 24.2 Å². The third kappa shape index (κ3) is 4.66. The molecule has 0 spiro atoms. The van der Waals surface area contributed by atoms with Crippen LogP contribution in [0.2, 0.25) is 0 Å². The van der Waals surface area contributed by atoms with Crippen molar-refractivity contribution >= 4 is 17.5 Å². The Bertz CT molecular complexity index is 926. The first-order valence-electron chi connectivity index (χ1n) is 10.8. The van der Waals surface area contributed by atoms with Gasteiger partial charge in [-0.2, -0.15) is 0 Å². The van der Waals surface area contributed by atoms with Gasteiger partial charge in [0.1, 0.15) is 18.0 Å². The number of nitrogens with zero attached hydrogens (tertiary/aromatic N) is 2. The van der Waals surface area contributed by atoms with Crippen LogP contribution in [-0.4, -0.2) is 63.7 Å². The van der Waals surface area contributed by atoms with Crippen LogP contribution >= 0.6 is 0 Å². The Kier molecular flexibility index (Phi) is 6.42. The Balaban J connectivity index is 1.37. The summed E-state index contributed by atoms with van der Waals surface area (Å²) < 4.78 is 10.7. The molecule has 2 fully saturated rings. The van der Waals surface area contributed by atoms with Gasteiger partial charge in [-0.15, -0.1) is 0 Å². The molecule has 2 aromatic carbocycles. The summed E-state index contributed by atoms with van der Waals surface area (Å²) in [4.78, 5) is 31.0. The summed E-state index contributed by atoms with van der Waals surface area (Å²) >= 11 is 0. The van der Waals surface area contributed by atoms with E-state index >= 15 is 0 Å². The molecule has 0 unspecified atom stereocenters. The predicted octanol–water partition coefficient (Wildman–Crippen LogP) is 0.984. The van der Waals surface area contributed by atoms with Gasteiger partial charge in [-0.3, -0.25) is 9.59 Å². The number of methoxy groups -OCH3 is 2. The first-order chi connectivity index (χ1) is 15.1. The van der Waals surface area contributed by atoms with Crippen molar-refractivity contribution in [1.82, 2.24) is 4.90 Å². The van der Waals surface area contributed by atoms with Gasteiger partial charge in [0.05, 0.1) is 52.0 Å². The first kappa shape index (κ1) is 21.2. The van der Waals surface area contributed by atoms with Crippen LogP contribution in [0.3, 0.4) is 0 Å². The van der Waals surface area contributed by atoms with Crippen LogP contribution < -0.4 is 19.3 Å². The van der Waals surface area contributed by atoms with Crippen LogP contribution in [0.5, 0.6) is 11.5 Å². The van der Waals surface area contributed by atoms with Gasteiger partial charge in [0.25, 0.3) is 0 Å². The van der Waals surface area contributed by atoms with Crippen molar-refractivity contribution in [3.63, 3.8) is 0 Å². The summed E-state index contributed by atoms with van der Waals surface area (Å²) in [5.41, 5.74) is 1.97. The number of hydrogen-bond donors (Lipinski definition) is 1. The van der Waals surface area contributed by atoms with E-state index in [2.05, 4.69) is 24.3 Å². The molecule has 2 aliphatic rings. The van der Waals surface area contributed by atoms with Gasteiger partial charge in [-0.25, -0.2) is 0 Å². The van der Waals surface area contributed by atoms with Gasteiger partial charge >= 0.3 is 0 Å². The molecule has 31 heavy (non-hydrogen) atoms. The third-order valence-electron chi connectivity index (χ3n) is 6.23. The average Bonchev–Trinajstić information content (AvgIpc) is 3.20. The normalized spacial score (nSPS) is 19.5. The summed E-state index contributed by atoms with van der Waals surface area (Å²) in [7, 11) is 3.16. The van der Waals surface area contributed by atoms with E-state index in [0.29, 0.717) is 23.7 Å². The Morgan fingerprint density at radius 3 is 2.48 bits per heavy atom. The number of amides is 2. The second-order valence-corrected chi connectivity index (χ2v) is 8.18. The highest BCUT2D eigenvalue weighted by Gasteiger charge is 2.39. The molecular formula is C24H30N3O4+. The number of carbonyl (C=O) groups is 2. The second-order valence-electron chi connectivity index (χ2n) is 8.18. The van der Waals surface area contributed by atoms with E-state index in [1.54, 1.807) is 37.3 Å². The van der Waals surface area contributed by atoms with Gasteiger partial charge in [-0.05, 0) is 12.1 Å². The number of quaternary nitrogens is 1. The van der Waals surface area contributed by atoms with Crippen LogP contribution in [0.1, 0.15) is 12.0 Å². The Morgan fingerprint density at radius 2 is 1.81 bits per heavy atom. The van der Waals surface area contributed by atoms with Crippen molar-refractivity contribution in [3.05, 3.63) is 54.1 Å². The van der Waals surface area contributed by atoms with Crippen LogP contribution in [0.15, 0.2) is 48.5 Å². The van der Waals surface area contributed by atoms with Crippen molar-refractivity contribution in [3.8, 4) is 11.5 Å². The van der Waals surface area contributed by atoms with Gasteiger partial charge in [0.2, 0.25) is 11.8 Å². The molecule has 0 bridgehead atoms. The molecule has 1 N–H and O–H groups in total. The number of carbonyl (C=O) groups excluding carboxylic acids is 2. The van der Waals surface area contributed by atoms with Gasteiger partial charge in [0, 0.05) is 24.6 Å². The maximum absolute atomic E-state index is 13.1. The standard InChI is InChI=1S/C24H29N3O4/c1-30-20-8-9-22(31-2)21(15-20)27-17-19(14-23(27)28)24(29)26-12-10-25(11-13-26)16-18-6-4-3-5-7-18/h3-9,15,19H,10-14,16-17H2,1-2H3/p+1/t19-/m1/s1. The monoisotopic (exact) mass is 424 g/mol. The first-order valence-corrected chi connectivity index (χ1v) is 10.8. The smallest absolute Gasteiger partial charge is 0.228 e. The molecule has 164 valence electrons. The molecule has 2 saturated heterocycles. The number of piperazine rings is 1. The lowest BCUT2D eigenvalue weighted by atomic mass is 10.1. The van der Waals surface area contributed by atoms with Crippen LogP contribution in [-0.2, 0) is 16.1 Å². The minimum atomic E-state index is -0.320. The minimum Gasteiger partial charge on any atom is -0.497 e. The van der Waals surface area contributed by atoms with E-state index in [1.165, 1.54) is 10.5 Å². The maximum atomic E-state index is 13.1. The Labute approximate surface area is 183 Å². The topological polar surface area (TPSA) is 63.5 Å². The number of nitrogens with one attached hydrogen (secondary N) is 1. The van der Waals surface area contributed by atoms with Gasteiger partial charge in [0.15, 0.2) is 0 Å². The average molecular weight is 425 g/mol. The summed E-state index contributed by atoms with van der Waals surface area (Å²) in [6.07, 6.45) is 0.232. The van der Waals surface area contributed by atoms with Crippen molar-refractivity contribution in [1.29, 1.82) is 0 Å². The van der Waals surface area contributed by atoms with Crippen molar-refractivity contribution in [2.45, 2.75) is 13.0 Å². The summed E-state index contributed by atoms with van der Waals surface area (Å²) in [5.74, 6) is 0.949. The predicted molar refractivity (Wildman–Crippen MR) is 117 cm³/mol.